The van der Waals surface area contributed by atoms with Gasteiger partial charge in [0, 0.05) is 0 Å². The molecule has 0 N–H and O–H groups in total. The van der Waals surface area contributed by atoms with Crippen molar-refractivity contribution in [2.24, 2.45) is 0 Å². The van der Waals surface area contributed by atoms with E-state index in [0.717, 1.165) is 12.2 Å². The molecule has 2 aromatic rings. The Morgan fingerprint density at radius 2 is 2.35 bits per heavy atom. The fraction of sp³-hybridized carbons (Fsp3) is 0.267. The Kier molecular flexibility index (Phi) is 4.51. The maximum Gasteiger partial charge on any atom is 0.189 e. The average molecular weight is 268 g/mol. The first-order valence-electron chi connectivity index (χ1n) is 6.43. The molecule has 5 heteroatoms. The summed E-state index contributed by atoms with van der Waals surface area (Å²) in [6.07, 6.45) is 2.66. The second-order valence-corrected chi connectivity index (χ2v) is 4.26. The van der Waals surface area contributed by atoms with Gasteiger partial charge in [-0.3, -0.25) is 0 Å². The molecule has 0 aliphatic heterocycles. The zero-order valence-corrected chi connectivity index (χ0v) is 11.4. The first-order valence-corrected chi connectivity index (χ1v) is 6.43. The summed E-state index contributed by atoms with van der Waals surface area (Å²) in [5, 5.41) is 16.8. The molecular formula is C15H16N4O. The van der Waals surface area contributed by atoms with Crippen molar-refractivity contribution in [1.29, 1.82) is 5.26 Å². The summed E-state index contributed by atoms with van der Waals surface area (Å²) in [6.45, 7) is 6.52. The average Bonchev–Trinajstić information content (AvgIpc) is 2.88. The summed E-state index contributed by atoms with van der Waals surface area (Å²) in [7, 11) is 0. The van der Waals surface area contributed by atoms with Crippen molar-refractivity contribution in [3.8, 4) is 11.8 Å². The molecule has 0 atom stereocenters. The number of hydrogen-bond donors (Lipinski definition) is 0. The minimum absolute atomic E-state index is 0.261. The van der Waals surface area contributed by atoms with E-state index in [-0.39, 0.29) is 6.61 Å². The summed E-state index contributed by atoms with van der Waals surface area (Å²) < 4.78 is 7.36. The Labute approximate surface area is 118 Å². The van der Waals surface area contributed by atoms with Crippen LogP contribution in [0.4, 0.5) is 0 Å². The van der Waals surface area contributed by atoms with Gasteiger partial charge in [0.05, 0.1) is 6.54 Å². The molecule has 0 saturated carbocycles. The summed E-state index contributed by atoms with van der Waals surface area (Å²) in [4.78, 5) is 0. The Morgan fingerprint density at radius 1 is 1.50 bits per heavy atom. The molecule has 2 rings (SSSR count). The standard InChI is InChI=1S/C15H16N4O/c1-3-8-19-15(14(10-16)17-18-19)11-20-13-7-5-6-12(4-2)9-13/h3,5-7,9H,1,4,8,11H2,2H3. The van der Waals surface area contributed by atoms with Crippen LogP contribution in [0.3, 0.4) is 0 Å². The van der Waals surface area contributed by atoms with E-state index in [1.807, 2.05) is 24.3 Å². The van der Waals surface area contributed by atoms with Crippen LogP contribution in [0.5, 0.6) is 5.75 Å². The third kappa shape index (κ3) is 3.04. The number of rotatable bonds is 6. The van der Waals surface area contributed by atoms with E-state index in [1.165, 1.54) is 5.56 Å². The van der Waals surface area contributed by atoms with E-state index in [4.69, 9.17) is 10.00 Å². The predicted octanol–water partition coefficient (Wildman–Crippen LogP) is 2.48. The molecule has 20 heavy (non-hydrogen) atoms. The Morgan fingerprint density at radius 3 is 3.05 bits per heavy atom. The molecule has 0 aliphatic rings. The maximum absolute atomic E-state index is 9.03. The molecule has 102 valence electrons. The smallest absolute Gasteiger partial charge is 0.189 e. The van der Waals surface area contributed by atoms with E-state index >= 15 is 0 Å². The van der Waals surface area contributed by atoms with Gasteiger partial charge in [0.15, 0.2) is 5.69 Å². The van der Waals surface area contributed by atoms with Crippen LogP contribution >= 0.6 is 0 Å². The number of hydrogen-bond acceptors (Lipinski definition) is 4. The number of aryl methyl sites for hydroxylation is 1. The van der Waals surface area contributed by atoms with Gasteiger partial charge in [0.1, 0.15) is 24.1 Å². The molecule has 0 bridgehead atoms. The van der Waals surface area contributed by atoms with Crippen LogP contribution in [0, 0.1) is 11.3 Å². The van der Waals surface area contributed by atoms with Crippen molar-refractivity contribution in [1.82, 2.24) is 15.0 Å². The van der Waals surface area contributed by atoms with Gasteiger partial charge in [0.25, 0.3) is 0 Å². The molecule has 0 amide bonds. The Balaban J connectivity index is 2.15. The molecule has 0 aliphatic carbocycles. The minimum Gasteiger partial charge on any atom is -0.487 e. The van der Waals surface area contributed by atoms with E-state index in [2.05, 4.69) is 29.9 Å². The zero-order chi connectivity index (χ0) is 14.4. The number of ether oxygens (including phenoxy) is 1. The van der Waals surface area contributed by atoms with Crippen molar-refractivity contribution in [3.63, 3.8) is 0 Å². The quantitative estimate of drug-likeness (QED) is 0.755. The molecule has 0 spiro atoms. The van der Waals surface area contributed by atoms with E-state index in [9.17, 15) is 0 Å². The van der Waals surface area contributed by atoms with Gasteiger partial charge in [0.2, 0.25) is 0 Å². The van der Waals surface area contributed by atoms with E-state index < -0.39 is 0 Å². The van der Waals surface area contributed by atoms with Crippen LogP contribution in [0.25, 0.3) is 0 Å². The first kappa shape index (κ1) is 13.8. The highest BCUT2D eigenvalue weighted by Gasteiger charge is 2.12. The van der Waals surface area contributed by atoms with Gasteiger partial charge in [-0.05, 0) is 24.1 Å². The van der Waals surface area contributed by atoms with Crippen LogP contribution < -0.4 is 4.74 Å². The fourth-order valence-electron chi connectivity index (χ4n) is 1.84. The lowest BCUT2D eigenvalue weighted by Gasteiger charge is -2.08. The van der Waals surface area contributed by atoms with Crippen molar-refractivity contribution in [3.05, 3.63) is 53.9 Å². The number of aromatic nitrogens is 3. The summed E-state index contributed by atoms with van der Waals surface area (Å²) in [6, 6.07) is 9.92. The van der Waals surface area contributed by atoms with Crippen LogP contribution in [0.1, 0.15) is 23.9 Å². The van der Waals surface area contributed by atoms with Crippen LogP contribution in [0.2, 0.25) is 0 Å². The number of nitrogens with zero attached hydrogens (tertiary/aromatic N) is 4. The summed E-state index contributed by atoms with van der Waals surface area (Å²) in [5.74, 6) is 0.777. The lowest BCUT2D eigenvalue weighted by Crippen LogP contribution is -2.08. The van der Waals surface area contributed by atoms with Crippen molar-refractivity contribution in [2.75, 3.05) is 0 Å². The van der Waals surface area contributed by atoms with Crippen molar-refractivity contribution < 1.29 is 4.74 Å². The highest BCUT2D eigenvalue weighted by molar-refractivity contribution is 5.29. The van der Waals surface area contributed by atoms with Crippen LogP contribution in [-0.4, -0.2) is 15.0 Å². The molecule has 0 radical (unpaired) electrons. The van der Waals surface area contributed by atoms with Gasteiger partial charge < -0.3 is 4.74 Å². The SMILES string of the molecule is C=CCn1nnc(C#N)c1COc1cccc(CC)c1. The molecule has 1 aromatic carbocycles. The van der Waals surface area contributed by atoms with Crippen molar-refractivity contribution >= 4 is 0 Å². The molecular weight excluding hydrogens is 252 g/mol. The number of benzene rings is 1. The normalized spacial score (nSPS) is 10.0. The second-order valence-electron chi connectivity index (χ2n) is 4.26. The minimum atomic E-state index is 0.261. The zero-order valence-electron chi connectivity index (χ0n) is 11.4. The lowest BCUT2D eigenvalue weighted by molar-refractivity contribution is 0.293. The molecule has 0 saturated heterocycles. The highest BCUT2D eigenvalue weighted by Crippen LogP contribution is 2.16. The third-order valence-electron chi connectivity index (χ3n) is 2.93. The molecule has 1 aromatic heterocycles. The number of nitriles is 1. The third-order valence-corrected chi connectivity index (χ3v) is 2.93. The lowest BCUT2D eigenvalue weighted by atomic mass is 10.2. The van der Waals surface area contributed by atoms with Crippen molar-refractivity contribution in [2.45, 2.75) is 26.5 Å². The van der Waals surface area contributed by atoms with Gasteiger partial charge >= 0.3 is 0 Å². The monoisotopic (exact) mass is 268 g/mol. The van der Waals surface area contributed by atoms with E-state index in [0.29, 0.717) is 17.9 Å². The molecule has 0 unspecified atom stereocenters. The summed E-state index contributed by atoms with van der Waals surface area (Å²) in [5.41, 5.74) is 2.16. The van der Waals surface area contributed by atoms with E-state index in [1.54, 1.807) is 10.8 Å². The largest absolute Gasteiger partial charge is 0.487 e. The predicted molar refractivity (Wildman–Crippen MR) is 75.1 cm³/mol. The highest BCUT2D eigenvalue weighted by atomic mass is 16.5. The second kappa shape index (κ2) is 6.53. The van der Waals surface area contributed by atoms with Gasteiger partial charge in [-0.1, -0.05) is 30.3 Å². The maximum atomic E-state index is 9.03. The van der Waals surface area contributed by atoms with Gasteiger partial charge in [-0.25, -0.2) is 4.68 Å². The van der Waals surface area contributed by atoms with Gasteiger partial charge in [-0.15, -0.1) is 11.7 Å². The van der Waals surface area contributed by atoms with Gasteiger partial charge in [-0.2, -0.15) is 5.26 Å². The van der Waals surface area contributed by atoms with Crippen LogP contribution in [-0.2, 0) is 19.6 Å². The fourth-order valence-corrected chi connectivity index (χ4v) is 1.84. The molecule has 0 fully saturated rings. The topological polar surface area (TPSA) is 63.7 Å². The molecule has 1 heterocycles. The summed E-state index contributed by atoms with van der Waals surface area (Å²) >= 11 is 0. The first-order chi connectivity index (χ1) is 9.78. The Hall–Kier alpha value is -2.61. The molecule has 5 nitrogen and oxygen atoms in total. The number of allylic oxidation sites excluding steroid dienone is 1. The van der Waals surface area contributed by atoms with Crippen LogP contribution in [0.15, 0.2) is 36.9 Å². The Bertz CT molecular complexity index is 640.